The van der Waals surface area contributed by atoms with Gasteiger partial charge in [0, 0.05) is 19.2 Å². The van der Waals surface area contributed by atoms with Gasteiger partial charge in [0.2, 0.25) is 15.9 Å². The van der Waals surface area contributed by atoms with Gasteiger partial charge >= 0.3 is 5.97 Å². The molecule has 0 fully saturated rings. The summed E-state index contributed by atoms with van der Waals surface area (Å²) in [4.78, 5) is 22.1. The van der Waals surface area contributed by atoms with Gasteiger partial charge in [0.25, 0.3) is 0 Å². The minimum Gasteiger partial charge on any atom is -0.478 e. The molecule has 0 saturated carbocycles. The van der Waals surface area contributed by atoms with Gasteiger partial charge in [-0.15, -0.1) is 0 Å². The summed E-state index contributed by atoms with van der Waals surface area (Å²) in [6.07, 6.45) is 1.67. The highest BCUT2D eigenvalue weighted by Crippen LogP contribution is 2.37. The summed E-state index contributed by atoms with van der Waals surface area (Å²) in [7, 11) is -4.27. The molecular formula is C19H23N3O6S. The van der Waals surface area contributed by atoms with E-state index in [-0.39, 0.29) is 28.7 Å². The first-order valence-corrected chi connectivity index (χ1v) is 10.4. The van der Waals surface area contributed by atoms with E-state index in [4.69, 9.17) is 9.88 Å². The maximum Gasteiger partial charge on any atom is 0.335 e. The smallest absolute Gasteiger partial charge is 0.335 e. The Hall–Kier alpha value is -3.11. The summed E-state index contributed by atoms with van der Waals surface area (Å²) in [5.41, 5.74) is 0.508. The summed E-state index contributed by atoms with van der Waals surface area (Å²) in [6, 6.07) is 8.52. The zero-order chi connectivity index (χ0) is 21.6. The average Bonchev–Trinajstić information content (AvgIpc) is 2.63. The molecular weight excluding hydrogens is 398 g/mol. The van der Waals surface area contributed by atoms with Crippen LogP contribution in [-0.4, -0.2) is 31.9 Å². The summed E-state index contributed by atoms with van der Waals surface area (Å²) >= 11 is 0. The monoisotopic (exact) mass is 421 g/mol. The van der Waals surface area contributed by atoms with E-state index in [1.165, 1.54) is 13.0 Å². The number of nitrogens with two attached hydrogens (primary N) is 1. The number of carbonyl (C=O) groups excluding carboxylic acids is 1. The number of carboxylic acids is 1. The van der Waals surface area contributed by atoms with E-state index >= 15 is 0 Å². The van der Waals surface area contributed by atoms with Crippen LogP contribution in [0.2, 0.25) is 0 Å². The molecule has 0 unspecified atom stereocenters. The van der Waals surface area contributed by atoms with E-state index in [0.29, 0.717) is 12.2 Å². The van der Waals surface area contributed by atoms with Crippen molar-refractivity contribution in [2.24, 2.45) is 5.14 Å². The van der Waals surface area contributed by atoms with Crippen molar-refractivity contribution in [1.29, 1.82) is 0 Å². The normalized spacial score (nSPS) is 11.0. The lowest BCUT2D eigenvalue weighted by molar-refractivity contribution is -0.114. The molecule has 0 aliphatic rings. The summed E-state index contributed by atoms with van der Waals surface area (Å²) in [5.74, 6) is -1.34. The molecule has 0 aliphatic carbocycles. The third-order valence-electron chi connectivity index (χ3n) is 3.85. The Morgan fingerprint density at radius 2 is 1.83 bits per heavy atom. The number of benzene rings is 2. The predicted octanol–water partition coefficient (Wildman–Crippen LogP) is 2.99. The molecule has 9 nitrogen and oxygen atoms in total. The van der Waals surface area contributed by atoms with E-state index in [1.54, 1.807) is 24.3 Å². The van der Waals surface area contributed by atoms with E-state index in [1.807, 2.05) is 6.92 Å². The minimum atomic E-state index is -4.27. The number of carbonyl (C=O) groups is 2. The number of carboxylic acid groups (broad SMARTS) is 1. The van der Waals surface area contributed by atoms with Gasteiger partial charge in [-0.25, -0.2) is 18.4 Å². The Kier molecular flexibility index (Phi) is 7.18. The molecule has 0 atom stereocenters. The molecule has 156 valence electrons. The van der Waals surface area contributed by atoms with Crippen LogP contribution in [0.5, 0.6) is 11.5 Å². The van der Waals surface area contributed by atoms with Crippen LogP contribution in [0, 0.1) is 0 Å². The summed E-state index contributed by atoms with van der Waals surface area (Å²) < 4.78 is 30.0. The van der Waals surface area contributed by atoms with Crippen LogP contribution in [-0.2, 0) is 14.8 Å². The van der Waals surface area contributed by atoms with Crippen molar-refractivity contribution in [1.82, 2.24) is 0 Å². The Bertz CT molecular complexity index is 1000. The lowest BCUT2D eigenvalue weighted by Gasteiger charge is -2.17. The van der Waals surface area contributed by atoms with Gasteiger partial charge in [0.05, 0.1) is 11.3 Å². The van der Waals surface area contributed by atoms with Crippen LogP contribution < -0.4 is 20.5 Å². The molecule has 10 heteroatoms. The zero-order valence-corrected chi connectivity index (χ0v) is 16.9. The van der Waals surface area contributed by atoms with Gasteiger partial charge in [-0.2, -0.15) is 0 Å². The number of unbranched alkanes of at least 4 members (excludes halogenated alkanes) is 1. The molecule has 0 spiro atoms. The van der Waals surface area contributed by atoms with Crippen molar-refractivity contribution < 1.29 is 27.9 Å². The molecule has 0 aliphatic heterocycles. The second-order valence-corrected chi connectivity index (χ2v) is 7.82. The maximum atomic E-state index is 12.1. The molecule has 29 heavy (non-hydrogen) atoms. The van der Waals surface area contributed by atoms with Gasteiger partial charge < -0.3 is 20.5 Å². The van der Waals surface area contributed by atoms with Crippen molar-refractivity contribution in [2.75, 3.05) is 17.2 Å². The molecule has 1 amide bonds. The highest BCUT2D eigenvalue weighted by atomic mass is 32.2. The molecule has 0 aromatic heterocycles. The van der Waals surface area contributed by atoms with E-state index in [9.17, 15) is 23.1 Å². The summed E-state index contributed by atoms with van der Waals surface area (Å²) in [6.45, 7) is 3.85. The van der Waals surface area contributed by atoms with Crippen molar-refractivity contribution >= 4 is 33.3 Å². The summed E-state index contributed by atoms with van der Waals surface area (Å²) in [5, 5.41) is 20.2. The molecule has 0 heterocycles. The topological polar surface area (TPSA) is 148 Å². The maximum absolute atomic E-state index is 12.1. The first-order chi connectivity index (χ1) is 13.6. The van der Waals surface area contributed by atoms with Gasteiger partial charge in [0.15, 0.2) is 5.75 Å². The number of amides is 1. The Labute approximate surface area is 168 Å². The quantitative estimate of drug-likeness (QED) is 0.455. The second-order valence-electron chi connectivity index (χ2n) is 6.29. The van der Waals surface area contributed by atoms with Gasteiger partial charge in [-0.05, 0) is 42.8 Å². The predicted molar refractivity (Wildman–Crippen MR) is 109 cm³/mol. The third-order valence-corrected chi connectivity index (χ3v) is 4.77. The first kappa shape index (κ1) is 22.2. The Morgan fingerprint density at radius 3 is 2.34 bits per heavy atom. The number of nitrogens with one attached hydrogen (secondary N) is 2. The number of anilines is 2. The average molecular weight is 421 g/mol. The fourth-order valence-electron chi connectivity index (χ4n) is 2.50. The van der Waals surface area contributed by atoms with Crippen molar-refractivity contribution in [3.8, 4) is 11.5 Å². The first-order valence-electron chi connectivity index (χ1n) is 8.85. The number of hydrogen-bond donors (Lipinski definition) is 4. The van der Waals surface area contributed by atoms with Gasteiger partial charge in [-0.1, -0.05) is 13.3 Å². The van der Waals surface area contributed by atoms with E-state index in [2.05, 4.69) is 10.6 Å². The minimum absolute atomic E-state index is 0.0964. The standard InChI is InChI=1S/C19H23N3O6S/c1-3-4-9-21-16-10-13(19(24)25)11-17(29(20,26)27)18(16)28-15-7-5-14(6-8-15)22-12(2)23/h5-8,10-11,21H,3-4,9H2,1-2H3,(H,22,23)(H,24,25)(H2,20,26,27). The highest BCUT2D eigenvalue weighted by Gasteiger charge is 2.23. The van der Waals surface area contributed by atoms with Crippen molar-refractivity contribution in [3.05, 3.63) is 42.0 Å². The van der Waals surface area contributed by atoms with Crippen LogP contribution >= 0.6 is 0 Å². The van der Waals surface area contributed by atoms with Crippen LogP contribution in [0.4, 0.5) is 11.4 Å². The number of sulfonamides is 1. The SMILES string of the molecule is CCCCNc1cc(C(=O)O)cc(S(N)(=O)=O)c1Oc1ccc(NC(C)=O)cc1. The zero-order valence-electron chi connectivity index (χ0n) is 16.1. The third kappa shape index (κ3) is 6.19. The largest absolute Gasteiger partial charge is 0.478 e. The second kappa shape index (κ2) is 9.39. The van der Waals surface area contributed by atoms with Gasteiger partial charge in [-0.3, -0.25) is 4.79 Å². The lowest BCUT2D eigenvalue weighted by Crippen LogP contribution is -2.16. The van der Waals surface area contributed by atoms with E-state index in [0.717, 1.165) is 18.9 Å². The lowest BCUT2D eigenvalue weighted by atomic mass is 10.1. The number of hydrogen-bond acceptors (Lipinski definition) is 6. The van der Waals surface area contributed by atoms with Crippen LogP contribution in [0.25, 0.3) is 0 Å². The number of rotatable bonds is 9. The van der Waals surface area contributed by atoms with Crippen molar-refractivity contribution in [3.63, 3.8) is 0 Å². The molecule has 0 saturated heterocycles. The highest BCUT2D eigenvalue weighted by molar-refractivity contribution is 7.89. The molecule has 2 aromatic carbocycles. The molecule has 0 radical (unpaired) electrons. The number of primary sulfonamides is 1. The molecule has 2 rings (SSSR count). The number of ether oxygens (including phenoxy) is 1. The fourth-order valence-corrected chi connectivity index (χ4v) is 3.20. The van der Waals surface area contributed by atoms with Crippen molar-refractivity contribution in [2.45, 2.75) is 31.6 Å². The van der Waals surface area contributed by atoms with Crippen LogP contribution in [0.1, 0.15) is 37.0 Å². The van der Waals surface area contributed by atoms with Crippen LogP contribution in [0.15, 0.2) is 41.3 Å². The van der Waals surface area contributed by atoms with E-state index < -0.39 is 20.9 Å². The molecule has 0 bridgehead atoms. The van der Waals surface area contributed by atoms with Crippen LogP contribution in [0.3, 0.4) is 0 Å². The fraction of sp³-hybridized carbons (Fsp3) is 0.263. The Balaban J connectivity index is 2.51. The molecule has 2 aromatic rings. The number of aromatic carboxylic acids is 1. The molecule has 5 N–H and O–H groups in total. The van der Waals surface area contributed by atoms with Gasteiger partial charge in [0.1, 0.15) is 10.6 Å². The Morgan fingerprint density at radius 1 is 1.17 bits per heavy atom.